The standard InChI is InChI=1S/C25H28N10/c1-15(2)29-18-10-16(12-26-14-18)17-11-19-21(32-33-23(19)28-13-17)25-30-22-20(4-5-27-24(22)31-25)35-8-6-34(3)7-9-35/h4-5,10-15,29H,6-9H2,1-3H3,(H,27,30,31)(H,28,32,33). The number of hydrogen-bond acceptors (Lipinski definition) is 8. The van der Waals surface area contributed by atoms with E-state index in [0.717, 1.165) is 70.9 Å². The lowest BCUT2D eigenvalue weighted by atomic mass is 10.1. The van der Waals surface area contributed by atoms with Crippen LogP contribution in [0.25, 0.3) is 44.8 Å². The Morgan fingerprint density at radius 1 is 0.971 bits per heavy atom. The third-order valence-corrected chi connectivity index (χ3v) is 6.37. The van der Waals surface area contributed by atoms with Gasteiger partial charge >= 0.3 is 0 Å². The van der Waals surface area contributed by atoms with Crippen LogP contribution in [0.2, 0.25) is 0 Å². The van der Waals surface area contributed by atoms with Crippen LogP contribution in [0.1, 0.15) is 13.8 Å². The minimum Gasteiger partial charge on any atom is -0.382 e. The minimum atomic E-state index is 0.325. The zero-order valence-corrected chi connectivity index (χ0v) is 20.1. The summed E-state index contributed by atoms with van der Waals surface area (Å²) in [6.07, 6.45) is 7.36. The fourth-order valence-corrected chi connectivity index (χ4v) is 4.56. The number of aromatic nitrogens is 7. The van der Waals surface area contributed by atoms with Gasteiger partial charge in [0.2, 0.25) is 0 Å². The first-order chi connectivity index (χ1) is 17.0. The molecule has 0 spiro atoms. The molecule has 178 valence electrons. The van der Waals surface area contributed by atoms with Crippen molar-refractivity contribution >= 4 is 33.6 Å². The molecule has 1 aliphatic rings. The number of H-pyrrole nitrogens is 2. The molecule has 0 radical (unpaired) electrons. The van der Waals surface area contributed by atoms with Crippen molar-refractivity contribution in [2.45, 2.75) is 19.9 Å². The second kappa shape index (κ2) is 8.62. The van der Waals surface area contributed by atoms with Crippen molar-refractivity contribution in [3.05, 3.63) is 43.0 Å². The van der Waals surface area contributed by atoms with E-state index < -0.39 is 0 Å². The van der Waals surface area contributed by atoms with Crippen molar-refractivity contribution < 1.29 is 0 Å². The number of pyridine rings is 3. The van der Waals surface area contributed by atoms with E-state index in [1.807, 2.05) is 30.9 Å². The van der Waals surface area contributed by atoms with E-state index in [0.29, 0.717) is 17.5 Å². The lowest BCUT2D eigenvalue weighted by Gasteiger charge is -2.33. The molecule has 10 heteroatoms. The molecule has 0 atom stereocenters. The Kier molecular flexibility index (Phi) is 5.29. The molecule has 0 saturated carbocycles. The summed E-state index contributed by atoms with van der Waals surface area (Å²) in [5.74, 6) is 0.674. The molecule has 3 N–H and O–H groups in total. The smallest absolute Gasteiger partial charge is 0.161 e. The van der Waals surface area contributed by atoms with Gasteiger partial charge in [-0.3, -0.25) is 10.1 Å². The van der Waals surface area contributed by atoms with Crippen LogP contribution in [0.5, 0.6) is 0 Å². The summed E-state index contributed by atoms with van der Waals surface area (Å²) in [4.78, 5) is 26.6. The average Bonchev–Trinajstić information content (AvgIpc) is 3.48. The Morgan fingerprint density at radius 2 is 1.80 bits per heavy atom. The molecule has 0 bridgehead atoms. The van der Waals surface area contributed by atoms with Crippen molar-refractivity contribution in [1.82, 2.24) is 40.0 Å². The number of aromatic amines is 2. The van der Waals surface area contributed by atoms with E-state index >= 15 is 0 Å². The fraction of sp³-hybridized carbons (Fsp3) is 0.320. The van der Waals surface area contributed by atoms with Crippen LogP contribution in [0.15, 0.2) is 43.0 Å². The predicted octanol–water partition coefficient (Wildman–Crippen LogP) is 3.53. The lowest BCUT2D eigenvalue weighted by Crippen LogP contribution is -2.44. The first kappa shape index (κ1) is 21.5. The topological polar surface area (TPSA) is 115 Å². The maximum Gasteiger partial charge on any atom is 0.161 e. The molecular formula is C25H28N10. The van der Waals surface area contributed by atoms with Crippen molar-refractivity contribution in [2.75, 3.05) is 43.4 Å². The second-order valence-electron chi connectivity index (χ2n) is 9.36. The van der Waals surface area contributed by atoms with Gasteiger partial charge < -0.3 is 20.1 Å². The van der Waals surface area contributed by atoms with Gasteiger partial charge in [0.1, 0.15) is 11.2 Å². The van der Waals surface area contributed by atoms with E-state index in [4.69, 9.17) is 4.98 Å². The number of fused-ring (bicyclic) bond motifs is 2. The molecule has 10 nitrogen and oxygen atoms in total. The second-order valence-corrected chi connectivity index (χ2v) is 9.36. The summed E-state index contributed by atoms with van der Waals surface area (Å²) in [7, 11) is 2.16. The quantitative estimate of drug-likeness (QED) is 0.359. The normalized spacial score (nSPS) is 14.9. The van der Waals surface area contributed by atoms with Crippen molar-refractivity contribution in [3.63, 3.8) is 0 Å². The number of nitrogens with one attached hydrogen (secondary N) is 3. The third kappa shape index (κ3) is 4.06. The summed E-state index contributed by atoms with van der Waals surface area (Å²) < 4.78 is 0. The zero-order chi connectivity index (χ0) is 23.9. The van der Waals surface area contributed by atoms with Gasteiger partial charge in [-0.2, -0.15) is 5.10 Å². The average molecular weight is 469 g/mol. The molecule has 0 aromatic carbocycles. The van der Waals surface area contributed by atoms with Crippen LogP contribution in [0, 0.1) is 0 Å². The van der Waals surface area contributed by atoms with Crippen molar-refractivity contribution in [1.29, 1.82) is 0 Å². The summed E-state index contributed by atoms with van der Waals surface area (Å²) in [6.45, 7) is 8.21. The molecule has 5 aromatic rings. The highest BCUT2D eigenvalue weighted by Crippen LogP contribution is 2.31. The summed E-state index contributed by atoms with van der Waals surface area (Å²) in [5.41, 5.74) is 7.09. The number of piperazine rings is 1. The van der Waals surface area contributed by atoms with Crippen LogP contribution < -0.4 is 10.2 Å². The molecule has 1 fully saturated rings. The molecule has 5 aromatic heterocycles. The maximum atomic E-state index is 4.94. The Morgan fingerprint density at radius 3 is 2.63 bits per heavy atom. The van der Waals surface area contributed by atoms with E-state index in [1.54, 1.807) is 0 Å². The number of imidazole rings is 1. The third-order valence-electron chi connectivity index (χ3n) is 6.37. The van der Waals surface area contributed by atoms with Crippen molar-refractivity contribution in [2.24, 2.45) is 0 Å². The molecule has 0 amide bonds. The molecule has 0 unspecified atom stereocenters. The van der Waals surface area contributed by atoms with E-state index in [-0.39, 0.29) is 0 Å². The van der Waals surface area contributed by atoms with Gasteiger partial charge in [-0.15, -0.1) is 0 Å². The van der Waals surface area contributed by atoms with E-state index in [1.165, 1.54) is 0 Å². The first-order valence-electron chi connectivity index (χ1n) is 11.9. The van der Waals surface area contributed by atoms with Crippen LogP contribution in [0.4, 0.5) is 11.4 Å². The summed E-state index contributed by atoms with van der Waals surface area (Å²) in [5, 5.41) is 11.9. The summed E-state index contributed by atoms with van der Waals surface area (Å²) in [6, 6.07) is 6.54. The number of rotatable bonds is 5. The Bertz CT molecular complexity index is 1490. The SMILES string of the molecule is CC(C)Nc1cncc(-c2cnc3[nH]nc(-c4nc5c(N6CCN(C)CC6)ccnc5[nH]4)c3c2)c1. The Balaban J connectivity index is 1.39. The van der Waals surface area contributed by atoms with Gasteiger partial charge in [0.25, 0.3) is 0 Å². The van der Waals surface area contributed by atoms with Gasteiger partial charge in [0.15, 0.2) is 17.1 Å². The molecule has 6 heterocycles. The molecule has 1 aliphatic heterocycles. The Labute approximate surface area is 202 Å². The fourth-order valence-electron chi connectivity index (χ4n) is 4.56. The summed E-state index contributed by atoms with van der Waals surface area (Å²) >= 11 is 0. The van der Waals surface area contributed by atoms with Crippen LogP contribution in [-0.4, -0.2) is 79.3 Å². The van der Waals surface area contributed by atoms with Crippen LogP contribution in [-0.2, 0) is 0 Å². The number of likely N-dealkylation sites (N-methyl/N-ethyl adjacent to an activating group) is 1. The molecular weight excluding hydrogens is 440 g/mol. The van der Waals surface area contributed by atoms with Gasteiger partial charge in [-0.25, -0.2) is 15.0 Å². The number of nitrogens with zero attached hydrogens (tertiary/aromatic N) is 7. The van der Waals surface area contributed by atoms with Gasteiger partial charge in [-0.05, 0) is 39.1 Å². The van der Waals surface area contributed by atoms with Gasteiger partial charge in [0, 0.05) is 68.1 Å². The molecule has 35 heavy (non-hydrogen) atoms. The molecule has 1 saturated heterocycles. The first-order valence-corrected chi connectivity index (χ1v) is 11.9. The number of anilines is 2. The monoisotopic (exact) mass is 468 g/mol. The molecule has 6 rings (SSSR count). The van der Waals surface area contributed by atoms with E-state index in [9.17, 15) is 0 Å². The highest BCUT2D eigenvalue weighted by atomic mass is 15.3. The predicted molar refractivity (Wildman–Crippen MR) is 138 cm³/mol. The zero-order valence-electron chi connectivity index (χ0n) is 20.1. The van der Waals surface area contributed by atoms with Gasteiger partial charge in [-0.1, -0.05) is 0 Å². The lowest BCUT2D eigenvalue weighted by molar-refractivity contribution is 0.313. The van der Waals surface area contributed by atoms with Crippen LogP contribution >= 0.6 is 0 Å². The van der Waals surface area contributed by atoms with Crippen molar-refractivity contribution in [3.8, 4) is 22.6 Å². The largest absolute Gasteiger partial charge is 0.382 e. The van der Waals surface area contributed by atoms with E-state index in [2.05, 4.69) is 78.3 Å². The highest BCUT2D eigenvalue weighted by molar-refractivity contribution is 5.95. The highest BCUT2D eigenvalue weighted by Gasteiger charge is 2.21. The number of hydrogen-bond donors (Lipinski definition) is 3. The van der Waals surface area contributed by atoms with Gasteiger partial charge in [0.05, 0.1) is 16.8 Å². The molecule has 0 aliphatic carbocycles. The Hall–Kier alpha value is -4.05. The maximum absolute atomic E-state index is 4.94. The minimum absolute atomic E-state index is 0.325. The van der Waals surface area contributed by atoms with Crippen LogP contribution in [0.3, 0.4) is 0 Å².